The Balaban J connectivity index is 1.32. The highest BCUT2D eigenvalue weighted by Crippen LogP contribution is 2.34. The third-order valence-corrected chi connectivity index (χ3v) is 8.38. The first kappa shape index (κ1) is 25.4. The molecule has 4 N–H and O–H groups in total. The Hall–Kier alpha value is -2.26. The van der Waals surface area contributed by atoms with Gasteiger partial charge in [0.1, 0.15) is 0 Å². The topological polar surface area (TPSA) is 114 Å². The Labute approximate surface area is 215 Å². The second kappa shape index (κ2) is 10.6. The molecule has 0 amide bonds. The molecule has 3 aliphatic rings. The molecular weight excluding hydrogens is 452 g/mol. The van der Waals surface area contributed by atoms with Crippen LogP contribution in [0.3, 0.4) is 0 Å². The van der Waals surface area contributed by atoms with Gasteiger partial charge >= 0.3 is 0 Å². The molecule has 2 aromatic heterocycles. The maximum atomic E-state index is 12.5. The van der Waals surface area contributed by atoms with Crippen LogP contribution in [0.15, 0.2) is 6.33 Å². The van der Waals surface area contributed by atoms with E-state index in [4.69, 9.17) is 20.7 Å². The van der Waals surface area contributed by atoms with Crippen molar-refractivity contribution in [3.8, 4) is 0 Å². The summed E-state index contributed by atoms with van der Waals surface area (Å²) in [5.41, 5.74) is 7.64. The van der Waals surface area contributed by atoms with Crippen LogP contribution in [0.5, 0.6) is 0 Å². The van der Waals surface area contributed by atoms with Crippen LogP contribution in [-0.4, -0.2) is 68.0 Å². The van der Waals surface area contributed by atoms with Crippen LogP contribution in [0.2, 0.25) is 0 Å². The quantitative estimate of drug-likeness (QED) is 0.525. The number of fused-ring (bicyclic) bond motifs is 1. The van der Waals surface area contributed by atoms with Crippen molar-refractivity contribution >= 4 is 28.7 Å². The molecule has 198 valence electrons. The van der Waals surface area contributed by atoms with Crippen LogP contribution in [0, 0.1) is 5.41 Å². The second-order valence-electron chi connectivity index (χ2n) is 12.3. The fourth-order valence-electron chi connectivity index (χ4n) is 5.85. The zero-order valence-electron chi connectivity index (χ0n) is 22.3. The number of hydrogen-bond acceptors (Lipinski definition) is 8. The molecule has 5 rings (SSSR count). The first-order valence-electron chi connectivity index (χ1n) is 14.0. The van der Waals surface area contributed by atoms with Gasteiger partial charge in [0.05, 0.1) is 12.9 Å². The number of carbonyl (C=O) groups excluding carboxylic acids is 1. The fourth-order valence-corrected chi connectivity index (χ4v) is 5.85. The average Bonchev–Trinajstić information content (AvgIpc) is 3.51. The molecular formula is C27H44N8O. The van der Waals surface area contributed by atoms with Gasteiger partial charge in [0.15, 0.2) is 22.8 Å². The number of hydrogen-bond donors (Lipinski definition) is 3. The van der Waals surface area contributed by atoms with Crippen molar-refractivity contribution in [1.82, 2.24) is 24.4 Å². The zero-order valence-corrected chi connectivity index (χ0v) is 22.3. The van der Waals surface area contributed by atoms with Crippen molar-refractivity contribution < 1.29 is 4.79 Å². The average molecular weight is 497 g/mol. The molecule has 0 unspecified atom stereocenters. The molecule has 0 atom stereocenters. The second-order valence-corrected chi connectivity index (χ2v) is 12.3. The predicted molar refractivity (Wildman–Crippen MR) is 144 cm³/mol. The summed E-state index contributed by atoms with van der Waals surface area (Å²) < 4.78 is 2.28. The number of ketones is 1. The van der Waals surface area contributed by atoms with Gasteiger partial charge in [0, 0.05) is 42.7 Å². The fraction of sp³-hybridized carbons (Fsp3) is 0.778. The van der Waals surface area contributed by atoms with Crippen LogP contribution in [0.4, 0.5) is 11.8 Å². The minimum Gasteiger partial charge on any atom is -0.365 e. The third-order valence-electron chi connectivity index (χ3n) is 8.38. The Kier molecular flexibility index (Phi) is 7.49. The largest absolute Gasteiger partial charge is 0.365 e. The number of imidazole rings is 1. The summed E-state index contributed by atoms with van der Waals surface area (Å²) in [5.74, 6) is 1.83. The lowest BCUT2D eigenvalue weighted by molar-refractivity contribution is -0.127. The molecule has 0 bridgehead atoms. The lowest BCUT2D eigenvalue weighted by Gasteiger charge is -2.33. The van der Waals surface area contributed by atoms with Gasteiger partial charge in [-0.1, -0.05) is 33.6 Å². The maximum absolute atomic E-state index is 12.5. The van der Waals surface area contributed by atoms with Crippen LogP contribution >= 0.6 is 0 Å². The van der Waals surface area contributed by atoms with Gasteiger partial charge in [-0.3, -0.25) is 9.69 Å². The molecule has 0 aromatic carbocycles. The molecule has 1 saturated heterocycles. The summed E-state index contributed by atoms with van der Waals surface area (Å²) in [5, 5.41) is 7.33. The van der Waals surface area contributed by atoms with Crippen LogP contribution < -0.4 is 16.4 Å². The molecule has 1 aliphatic heterocycles. The molecule has 3 heterocycles. The van der Waals surface area contributed by atoms with Crippen LogP contribution in [0.25, 0.3) is 11.2 Å². The number of piperidine rings is 1. The minimum absolute atomic E-state index is 0.285. The number of aromatic nitrogens is 4. The number of anilines is 2. The Bertz CT molecular complexity index is 1040. The van der Waals surface area contributed by atoms with E-state index in [1.54, 1.807) is 0 Å². The SMILES string of the molecule is CC(C)(C)C(=O)CN1CCC(Nc2nc(NC3CCC(N)CC3)nc3c2ncn3C2CCCC2)CC1. The first-order valence-corrected chi connectivity index (χ1v) is 14.0. The summed E-state index contributed by atoms with van der Waals surface area (Å²) in [6.07, 6.45) is 13.0. The highest BCUT2D eigenvalue weighted by Gasteiger charge is 2.28. The zero-order chi connectivity index (χ0) is 25.3. The summed E-state index contributed by atoms with van der Waals surface area (Å²) >= 11 is 0. The minimum atomic E-state index is -0.285. The lowest BCUT2D eigenvalue weighted by Crippen LogP contribution is -2.43. The summed E-state index contributed by atoms with van der Waals surface area (Å²) in [7, 11) is 0. The van der Waals surface area contributed by atoms with Gasteiger partial charge in [-0.05, 0) is 51.4 Å². The lowest BCUT2D eigenvalue weighted by atomic mass is 9.90. The van der Waals surface area contributed by atoms with Gasteiger partial charge in [-0.15, -0.1) is 0 Å². The molecule has 9 nitrogen and oxygen atoms in total. The number of nitrogens with one attached hydrogen (secondary N) is 2. The third kappa shape index (κ3) is 5.83. The van der Waals surface area contributed by atoms with Gasteiger partial charge in [0.25, 0.3) is 0 Å². The molecule has 36 heavy (non-hydrogen) atoms. The van der Waals surface area contributed by atoms with Crippen molar-refractivity contribution in [2.24, 2.45) is 11.1 Å². The van der Waals surface area contributed by atoms with E-state index in [0.29, 0.717) is 42.4 Å². The first-order chi connectivity index (χ1) is 17.3. The van der Waals surface area contributed by atoms with Gasteiger partial charge in [0.2, 0.25) is 5.95 Å². The number of nitrogens with zero attached hydrogens (tertiary/aromatic N) is 5. The molecule has 2 saturated carbocycles. The molecule has 9 heteroatoms. The number of rotatable bonds is 7. The maximum Gasteiger partial charge on any atom is 0.227 e. The van der Waals surface area contributed by atoms with E-state index in [-0.39, 0.29) is 5.41 Å². The van der Waals surface area contributed by atoms with E-state index in [0.717, 1.165) is 68.6 Å². The van der Waals surface area contributed by atoms with E-state index < -0.39 is 0 Å². The van der Waals surface area contributed by atoms with Crippen molar-refractivity contribution in [2.75, 3.05) is 30.3 Å². The van der Waals surface area contributed by atoms with Gasteiger partial charge in [-0.2, -0.15) is 9.97 Å². The normalized spacial score (nSPS) is 24.9. The molecule has 0 radical (unpaired) electrons. The predicted octanol–water partition coefficient (Wildman–Crippen LogP) is 4.11. The van der Waals surface area contributed by atoms with Gasteiger partial charge < -0.3 is 20.9 Å². The highest BCUT2D eigenvalue weighted by atomic mass is 16.1. The molecule has 0 spiro atoms. The van der Waals surface area contributed by atoms with Gasteiger partial charge in [-0.25, -0.2) is 4.98 Å². The van der Waals surface area contributed by atoms with Crippen LogP contribution in [0.1, 0.15) is 91.0 Å². The van der Waals surface area contributed by atoms with E-state index in [1.807, 2.05) is 27.1 Å². The van der Waals surface area contributed by atoms with Crippen LogP contribution in [-0.2, 0) is 4.79 Å². The smallest absolute Gasteiger partial charge is 0.227 e. The Morgan fingerprint density at radius 1 is 0.972 bits per heavy atom. The molecule has 3 fully saturated rings. The van der Waals surface area contributed by atoms with E-state index in [9.17, 15) is 4.79 Å². The number of carbonyl (C=O) groups is 1. The van der Waals surface area contributed by atoms with E-state index in [1.165, 1.54) is 25.7 Å². The summed E-state index contributed by atoms with van der Waals surface area (Å²) in [4.78, 5) is 29.5. The molecule has 2 aromatic rings. The van der Waals surface area contributed by atoms with E-state index >= 15 is 0 Å². The monoisotopic (exact) mass is 496 g/mol. The Morgan fingerprint density at radius 3 is 2.31 bits per heavy atom. The summed E-state index contributed by atoms with van der Waals surface area (Å²) in [6, 6.07) is 1.46. The standard InChI is InChI=1S/C27H44N8O/c1-27(2,3)22(36)16-34-14-12-20(13-15-34)30-24-23-25(35(17-29-23)21-6-4-5-7-21)33-26(32-24)31-19-10-8-18(28)9-11-19/h17-21H,4-16,28H2,1-3H3,(H2,30,31,32,33). The van der Waals surface area contributed by atoms with Crippen molar-refractivity contribution in [2.45, 2.75) is 109 Å². The number of Topliss-reactive ketones (excluding diaryl/α,β-unsaturated/α-hetero) is 1. The molecule has 2 aliphatic carbocycles. The van der Waals surface area contributed by atoms with Crippen molar-refractivity contribution in [1.29, 1.82) is 0 Å². The highest BCUT2D eigenvalue weighted by molar-refractivity contribution is 5.86. The van der Waals surface area contributed by atoms with E-state index in [2.05, 4.69) is 20.1 Å². The summed E-state index contributed by atoms with van der Waals surface area (Å²) in [6.45, 7) is 8.38. The number of nitrogens with two attached hydrogens (primary N) is 1. The number of likely N-dealkylation sites (tertiary alicyclic amines) is 1. The van der Waals surface area contributed by atoms with Crippen molar-refractivity contribution in [3.63, 3.8) is 0 Å². The Morgan fingerprint density at radius 2 is 1.64 bits per heavy atom. The van der Waals surface area contributed by atoms with Crippen molar-refractivity contribution in [3.05, 3.63) is 6.33 Å².